The molecule has 26 heavy (non-hydrogen) atoms. The third-order valence-corrected chi connectivity index (χ3v) is 4.22. The molecule has 1 aliphatic rings. The Bertz CT molecular complexity index is 820. The third kappa shape index (κ3) is 3.74. The quantitative estimate of drug-likeness (QED) is 0.462. The van der Waals surface area contributed by atoms with Gasteiger partial charge >= 0.3 is 5.97 Å². The molecule has 2 aromatic rings. The normalized spacial score (nSPS) is 14.9. The Morgan fingerprint density at radius 3 is 2.42 bits per heavy atom. The molecule has 8 nitrogen and oxygen atoms in total. The number of rotatable bonds is 5. The van der Waals surface area contributed by atoms with Crippen LogP contribution in [0.15, 0.2) is 40.8 Å². The topological polar surface area (TPSA) is 103 Å². The molecule has 3 rings (SSSR count). The fourth-order valence-electron chi connectivity index (χ4n) is 2.81. The molecule has 1 atom stereocenters. The van der Waals surface area contributed by atoms with E-state index in [2.05, 4.69) is 0 Å². The number of amides is 1. The summed E-state index contributed by atoms with van der Waals surface area (Å²) in [5.41, 5.74) is 0.560. The number of nitrogens with zero attached hydrogens (tertiary/aromatic N) is 2. The number of furan rings is 1. The molecule has 0 unspecified atom stereocenters. The average molecular weight is 358 g/mol. The first-order valence-corrected chi connectivity index (χ1v) is 8.30. The number of hydrogen-bond acceptors (Lipinski definition) is 6. The molecule has 1 amide bonds. The second-order valence-electron chi connectivity index (χ2n) is 6.05. The number of hydrogen-bond donors (Lipinski definition) is 0. The van der Waals surface area contributed by atoms with Crippen molar-refractivity contribution in [3.05, 3.63) is 52.3 Å². The largest absolute Gasteiger partial charge is 0.449 e. The second kappa shape index (κ2) is 7.38. The summed E-state index contributed by atoms with van der Waals surface area (Å²) in [7, 11) is 0. The van der Waals surface area contributed by atoms with E-state index in [0.29, 0.717) is 24.4 Å². The van der Waals surface area contributed by atoms with Gasteiger partial charge in [0.2, 0.25) is 5.76 Å². The monoisotopic (exact) mass is 358 g/mol. The van der Waals surface area contributed by atoms with Crippen LogP contribution < -0.4 is 0 Å². The van der Waals surface area contributed by atoms with Gasteiger partial charge in [0.1, 0.15) is 5.76 Å². The van der Waals surface area contributed by atoms with E-state index in [0.717, 1.165) is 12.8 Å². The van der Waals surface area contributed by atoms with E-state index in [9.17, 15) is 19.7 Å². The lowest BCUT2D eigenvalue weighted by Gasteiger charge is -2.19. The Balaban J connectivity index is 1.65. The highest BCUT2D eigenvalue weighted by Crippen LogP contribution is 2.25. The Morgan fingerprint density at radius 2 is 1.81 bits per heavy atom. The van der Waals surface area contributed by atoms with Crippen molar-refractivity contribution >= 4 is 17.6 Å². The maximum absolute atomic E-state index is 12.2. The van der Waals surface area contributed by atoms with Crippen LogP contribution in [0.25, 0.3) is 11.3 Å². The molecular formula is C18H18N2O6. The standard InChI is InChI=1S/C18H18N2O6/c1-12(17(21)19-10-2-3-11-19)25-18(22)16-9-8-15(26-16)13-4-6-14(7-5-13)20(23)24/h4-9,12H,2-3,10-11H2,1H3/t12-/m1/s1. The van der Waals surface area contributed by atoms with E-state index >= 15 is 0 Å². The van der Waals surface area contributed by atoms with Gasteiger partial charge in [-0.25, -0.2) is 4.79 Å². The van der Waals surface area contributed by atoms with Crippen LogP contribution in [0.3, 0.4) is 0 Å². The summed E-state index contributed by atoms with van der Waals surface area (Å²) < 4.78 is 10.7. The summed E-state index contributed by atoms with van der Waals surface area (Å²) in [5, 5.41) is 10.7. The summed E-state index contributed by atoms with van der Waals surface area (Å²) in [6.45, 7) is 2.91. The fourth-order valence-corrected chi connectivity index (χ4v) is 2.81. The molecule has 1 fully saturated rings. The maximum Gasteiger partial charge on any atom is 0.375 e. The second-order valence-corrected chi connectivity index (χ2v) is 6.05. The first-order chi connectivity index (χ1) is 12.5. The fraction of sp³-hybridized carbons (Fsp3) is 0.333. The van der Waals surface area contributed by atoms with Gasteiger partial charge in [-0.15, -0.1) is 0 Å². The van der Waals surface area contributed by atoms with Gasteiger partial charge in [0.05, 0.1) is 4.92 Å². The van der Waals surface area contributed by atoms with Crippen molar-refractivity contribution in [3.63, 3.8) is 0 Å². The molecule has 8 heteroatoms. The molecule has 1 aromatic carbocycles. The number of ether oxygens (including phenoxy) is 1. The predicted octanol–water partition coefficient (Wildman–Crippen LogP) is 3.02. The maximum atomic E-state index is 12.2. The van der Waals surface area contributed by atoms with Gasteiger partial charge in [-0.3, -0.25) is 14.9 Å². The highest BCUT2D eigenvalue weighted by molar-refractivity contribution is 5.90. The minimum atomic E-state index is -0.881. The molecule has 1 aromatic heterocycles. The number of nitro benzene ring substituents is 1. The minimum Gasteiger partial charge on any atom is -0.449 e. The smallest absolute Gasteiger partial charge is 0.375 e. The average Bonchev–Trinajstić information content (AvgIpc) is 3.33. The molecule has 0 spiro atoms. The van der Waals surface area contributed by atoms with E-state index in [1.54, 1.807) is 17.9 Å². The molecule has 0 bridgehead atoms. The first kappa shape index (κ1) is 17.7. The van der Waals surface area contributed by atoms with Crippen molar-refractivity contribution < 1.29 is 23.7 Å². The van der Waals surface area contributed by atoms with Crippen LogP contribution in [0.2, 0.25) is 0 Å². The lowest BCUT2D eigenvalue weighted by molar-refractivity contribution is -0.384. The van der Waals surface area contributed by atoms with Crippen LogP contribution in [0.4, 0.5) is 5.69 Å². The Hall–Kier alpha value is -3.16. The molecule has 0 saturated carbocycles. The van der Waals surface area contributed by atoms with Gasteiger partial charge < -0.3 is 14.1 Å². The number of nitro groups is 1. The van der Waals surface area contributed by atoms with E-state index in [1.807, 2.05) is 0 Å². The molecular weight excluding hydrogens is 340 g/mol. The van der Waals surface area contributed by atoms with Crippen LogP contribution in [0.5, 0.6) is 0 Å². The Morgan fingerprint density at radius 1 is 1.15 bits per heavy atom. The molecule has 0 N–H and O–H groups in total. The van der Waals surface area contributed by atoms with E-state index in [1.165, 1.54) is 30.3 Å². The summed E-state index contributed by atoms with van der Waals surface area (Å²) in [4.78, 5) is 36.3. The lowest BCUT2D eigenvalue weighted by atomic mass is 10.1. The Kier molecular flexibility index (Phi) is 5.01. The van der Waals surface area contributed by atoms with Crippen molar-refractivity contribution in [2.24, 2.45) is 0 Å². The highest BCUT2D eigenvalue weighted by atomic mass is 16.6. The number of carbonyl (C=O) groups excluding carboxylic acids is 2. The summed E-state index contributed by atoms with van der Waals surface area (Å²) in [6, 6.07) is 8.80. The van der Waals surface area contributed by atoms with Crippen LogP contribution >= 0.6 is 0 Å². The molecule has 136 valence electrons. The van der Waals surface area contributed by atoms with Crippen molar-refractivity contribution in [1.29, 1.82) is 0 Å². The number of non-ortho nitro benzene ring substituents is 1. The van der Waals surface area contributed by atoms with Crippen LogP contribution in [-0.2, 0) is 9.53 Å². The number of esters is 1. The van der Waals surface area contributed by atoms with Gasteiger partial charge in [-0.05, 0) is 44.0 Å². The van der Waals surface area contributed by atoms with Crippen molar-refractivity contribution in [1.82, 2.24) is 4.90 Å². The first-order valence-electron chi connectivity index (χ1n) is 8.30. The summed E-state index contributed by atoms with van der Waals surface area (Å²) >= 11 is 0. The van der Waals surface area contributed by atoms with Crippen LogP contribution in [-0.4, -0.2) is 40.9 Å². The van der Waals surface area contributed by atoms with Gasteiger partial charge in [0.25, 0.3) is 11.6 Å². The summed E-state index contributed by atoms with van der Waals surface area (Å²) in [6.07, 6.45) is 1.04. The number of likely N-dealkylation sites (tertiary alicyclic amines) is 1. The molecule has 0 aliphatic carbocycles. The number of benzene rings is 1. The Labute approximate surface area is 149 Å². The van der Waals surface area contributed by atoms with E-state index in [4.69, 9.17) is 9.15 Å². The highest BCUT2D eigenvalue weighted by Gasteiger charge is 2.27. The zero-order valence-corrected chi connectivity index (χ0v) is 14.2. The minimum absolute atomic E-state index is 0.0283. The molecule has 1 saturated heterocycles. The zero-order chi connectivity index (χ0) is 18.7. The van der Waals surface area contributed by atoms with Gasteiger partial charge in [0, 0.05) is 30.8 Å². The third-order valence-electron chi connectivity index (χ3n) is 4.22. The summed E-state index contributed by atoms with van der Waals surface area (Å²) in [5.74, 6) is -0.582. The van der Waals surface area contributed by atoms with Crippen molar-refractivity contribution in [2.75, 3.05) is 13.1 Å². The predicted molar refractivity (Wildman–Crippen MR) is 91.5 cm³/mol. The van der Waals surface area contributed by atoms with Gasteiger partial charge in [0.15, 0.2) is 6.10 Å². The molecule has 1 aliphatic heterocycles. The lowest BCUT2D eigenvalue weighted by Crippen LogP contribution is -2.38. The van der Waals surface area contributed by atoms with Gasteiger partial charge in [-0.2, -0.15) is 0 Å². The molecule has 2 heterocycles. The van der Waals surface area contributed by atoms with Crippen LogP contribution in [0.1, 0.15) is 30.3 Å². The zero-order valence-electron chi connectivity index (χ0n) is 14.2. The van der Waals surface area contributed by atoms with E-state index < -0.39 is 17.0 Å². The molecule has 0 radical (unpaired) electrons. The van der Waals surface area contributed by atoms with Crippen LogP contribution in [0, 0.1) is 10.1 Å². The SMILES string of the molecule is C[C@@H](OC(=O)c1ccc(-c2ccc([N+](=O)[O-])cc2)o1)C(=O)N1CCCC1. The van der Waals surface area contributed by atoms with Gasteiger partial charge in [-0.1, -0.05) is 0 Å². The van der Waals surface area contributed by atoms with E-state index in [-0.39, 0.29) is 17.4 Å². The van der Waals surface area contributed by atoms with Crippen molar-refractivity contribution in [3.8, 4) is 11.3 Å². The van der Waals surface area contributed by atoms with Crippen molar-refractivity contribution in [2.45, 2.75) is 25.9 Å². The number of carbonyl (C=O) groups is 2.